The van der Waals surface area contributed by atoms with Crippen LogP contribution in [0.1, 0.15) is 39.1 Å². The van der Waals surface area contributed by atoms with E-state index in [-0.39, 0.29) is 18.7 Å². The van der Waals surface area contributed by atoms with Gasteiger partial charge in [-0.2, -0.15) is 0 Å². The molecule has 4 aromatic rings. The van der Waals surface area contributed by atoms with Gasteiger partial charge in [-0.25, -0.2) is 9.59 Å². The van der Waals surface area contributed by atoms with Gasteiger partial charge in [0.15, 0.2) is 5.82 Å². The predicted molar refractivity (Wildman–Crippen MR) is 123 cm³/mol. The highest BCUT2D eigenvalue weighted by Gasteiger charge is 2.41. The zero-order chi connectivity index (χ0) is 24.4. The zero-order valence-corrected chi connectivity index (χ0v) is 18.9. The summed E-state index contributed by atoms with van der Waals surface area (Å²) in [6.07, 6.45) is 1.12. The summed E-state index contributed by atoms with van der Waals surface area (Å²) in [6, 6.07) is 14.8. The summed E-state index contributed by atoms with van der Waals surface area (Å²) in [4.78, 5) is 39.8. The summed E-state index contributed by atoms with van der Waals surface area (Å²) >= 11 is 5.91. The van der Waals surface area contributed by atoms with Crippen molar-refractivity contribution in [3.05, 3.63) is 99.3 Å². The van der Waals surface area contributed by atoms with E-state index in [0.29, 0.717) is 22.0 Å². The number of benzene rings is 2. The molecule has 178 valence electrons. The van der Waals surface area contributed by atoms with E-state index in [1.165, 1.54) is 10.6 Å². The van der Waals surface area contributed by atoms with E-state index in [1.807, 2.05) is 0 Å². The molecule has 0 saturated carbocycles. The van der Waals surface area contributed by atoms with Crippen LogP contribution in [-0.2, 0) is 14.2 Å². The number of esters is 2. The Morgan fingerprint density at radius 2 is 1.80 bits per heavy atom. The first-order valence-electron chi connectivity index (χ1n) is 10.8. The first-order chi connectivity index (χ1) is 17.0. The number of rotatable bonds is 6. The standard InChI is InChI=1S/C24H19ClN4O6/c25-16-8-6-15(7-9-16)24(32)35-17-12-18(20-27-28-21-22(30)26-10-11-29(20)21)34-19(17)13-33-23(31)14-4-2-1-3-5-14/h1-11,17-19H,12-13H2,(H,26,30). The molecule has 11 heteroatoms. The van der Waals surface area contributed by atoms with Crippen LogP contribution in [0.3, 0.4) is 0 Å². The first kappa shape index (κ1) is 22.8. The number of carbonyl (C=O) groups is 2. The number of hydrogen-bond acceptors (Lipinski definition) is 8. The van der Waals surface area contributed by atoms with Crippen molar-refractivity contribution >= 4 is 29.2 Å². The van der Waals surface area contributed by atoms with E-state index in [0.717, 1.165) is 0 Å². The fourth-order valence-electron chi connectivity index (χ4n) is 3.84. The average Bonchev–Trinajstić information content (AvgIpc) is 3.48. The lowest BCUT2D eigenvalue weighted by molar-refractivity contribution is -0.0441. The zero-order valence-electron chi connectivity index (χ0n) is 18.2. The Hall–Kier alpha value is -4.02. The van der Waals surface area contributed by atoms with E-state index < -0.39 is 35.8 Å². The maximum Gasteiger partial charge on any atom is 0.338 e. The largest absolute Gasteiger partial charge is 0.459 e. The Balaban J connectivity index is 1.37. The van der Waals surface area contributed by atoms with Crippen LogP contribution < -0.4 is 5.56 Å². The van der Waals surface area contributed by atoms with Gasteiger partial charge >= 0.3 is 11.9 Å². The predicted octanol–water partition coefficient (Wildman–Crippen LogP) is 2.98. The van der Waals surface area contributed by atoms with Crippen LogP contribution in [0.25, 0.3) is 5.65 Å². The number of H-pyrrole nitrogens is 1. The number of hydrogen-bond donors (Lipinski definition) is 1. The van der Waals surface area contributed by atoms with Crippen molar-refractivity contribution in [1.29, 1.82) is 0 Å². The van der Waals surface area contributed by atoms with Crippen LogP contribution in [-0.4, -0.2) is 50.3 Å². The lowest BCUT2D eigenvalue weighted by atomic mass is 10.1. The number of nitrogens with one attached hydrogen (secondary N) is 1. The van der Waals surface area contributed by atoms with Gasteiger partial charge in [0.25, 0.3) is 5.56 Å². The van der Waals surface area contributed by atoms with Gasteiger partial charge in [0.1, 0.15) is 24.9 Å². The number of aromatic amines is 1. The summed E-state index contributed by atoms with van der Waals surface area (Å²) in [6.45, 7) is -0.153. The van der Waals surface area contributed by atoms with Crippen molar-refractivity contribution in [3.63, 3.8) is 0 Å². The fourth-order valence-corrected chi connectivity index (χ4v) is 3.96. The Morgan fingerprint density at radius 1 is 1.06 bits per heavy atom. The molecular weight excluding hydrogens is 476 g/mol. The number of nitrogens with zero attached hydrogens (tertiary/aromatic N) is 3. The Labute approximate surface area is 203 Å². The third-order valence-electron chi connectivity index (χ3n) is 5.58. The summed E-state index contributed by atoms with van der Waals surface area (Å²) in [7, 11) is 0. The minimum Gasteiger partial charge on any atom is -0.459 e. The quantitative estimate of drug-likeness (QED) is 0.405. The highest BCUT2D eigenvalue weighted by Crippen LogP contribution is 2.34. The third-order valence-corrected chi connectivity index (χ3v) is 5.83. The molecule has 1 aliphatic rings. The molecular formula is C24H19ClN4O6. The fraction of sp³-hybridized carbons (Fsp3) is 0.208. The number of carbonyl (C=O) groups excluding carboxylic acids is 2. The third kappa shape index (κ3) is 4.79. The normalized spacial score (nSPS) is 19.5. The summed E-state index contributed by atoms with van der Waals surface area (Å²) in [5.41, 5.74) is 0.417. The topological polar surface area (TPSA) is 125 Å². The second-order valence-corrected chi connectivity index (χ2v) is 8.29. The van der Waals surface area contributed by atoms with Gasteiger partial charge in [0.2, 0.25) is 5.65 Å². The van der Waals surface area contributed by atoms with E-state index in [4.69, 9.17) is 25.8 Å². The average molecular weight is 495 g/mol. The van der Waals surface area contributed by atoms with Crippen LogP contribution in [0.4, 0.5) is 0 Å². The lowest BCUT2D eigenvalue weighted by Crippen LogP contribution is -2.32. The van der Waals surface area contributed by atoms with Crippen molar-refractivity contribution in [1.82, 2.24) is 19.6 Å². The second-order valence-electron chi connectivity index (χ2n) is 7.86. The molecule has 1 aliphatic heterocycles. The first-order valence-corrected chi connectivity index (χ1v) is 11.1. The molecule has 0 amide bonds. The maximum absolute atomic E-state index is 12.8. The number of aromatic nitrogens is 4. The second kappa shape index (κ2) is 9.69. The maximum atomic E-state index is 12.8. The molecule has 3 atom stereocenters. The molecule has 0 radical (unpaired) electrons. The van der Waals surface area contributed by atoms with Crippen molar-refractivity contribution in [2.45, 2.75) is 24.7 Å². The number of ether oxygens (including phenoxy) is 3. The van der Waals surface area contributed by atoms with Crippen LogP contribution in [0, 0.1) is 0 Å². The molecule has 2 aromatic heterocycles. The number of fused-ring (bicyclic) bond motifs is 1. The van der Waals surface area contributed by atoms with Gasteiger partial charge in [0.05, 0.1) is 11.1 Å². The molecule has 1 N–H and O–H groups in total. The smallest absolute Gasteiger partial charge is 0.338 e. The van der Waals surface area contributed by atoms with Crippen molar-refractivity contribution in [3.8, 4) is 0 Å². The van der Waals surface area contributed by atoms with E-state index >= 15 is 0 Å². The Kier molecular flexibility index (Phi) is 6.30. The van der Waals surface area contributed by atoms with E-state index in [9.17, 15) is 14.4 Å². The highest BCUT2D eigenvalue weighted by atomic mass is 35.5. The molecule has 35 heavy (non-hydrogen) atoms. The van der Waals surface area contributed by atoms with Gasteiger partial charge in [0, 0.05) is 23.8 Å². The van der Waals surface area contributed by atoms with Crippen molar-refractivity contribution < 1.29 is 23.8 Å². The Bertz CT molecular complexity index is 1420. The van der Waals surface area contributed by atoms with E-state index in [1.54, 1.807) is 60.8 Å². The van der Waals surface area contributed by atoms with Gasteiger partial charge in [-0.3, -0.25) is 9.20 Å². The molecule has 0 spiro atoms. The molecule has 1 saturated heterocycles. The Morgan fingerprint density at radius 3 is 2.57 bits per heavy atom. The van der Waals surface area contributed by atoms with Gasteiger partial charge in [-0.15, -0.1) is 10.2 Å². The number of halogens is 1. The molecule has 0 bridgehead atoms. The SMILES string of the molecule is O=C(OCC1OC(c2nnc3c(=O)[nH]ccn23)CC1OC(=O)c1ccc(Cl)cc1)c1ccccc1. The minimum atomic E-state index is -0.766. The van der Waals surface area contributed by atoms with Gasteiger partial charge in [-0.05, 0) is 36.4 Å². The molecule has 3 unspecified atom stereocenters. The minimum absolute atomic E-state index is 0.111. The molecule has 3 heterocycles. The van der Waals surface area contributed by atoms with Gasteiger partial charge < -0.3 is 19.2 Å². The van der Waals surface area contributed by atoms with Crippen LogP contribution in [0.2, 0.25) is 5.02 Å². The molecule has 10 nitrogen and oxygen atoms in total. The molecule has 2 aromatic carbocycles. The van der Waals surface area contributed by atoms with Crippen LogP contribution >= 0.6 is 11.6 Å². The summed E-state index contributed by atoms with van der Waals surface area (Å²) in [5.74, 6) is -0.728. The monoisotopic (exact) mass is 494 g/mol. The van der Waals surface area contributed by atoms with Crippen molar-refractivity contribution in [2.75, 3.05) is 6.61 Å². The summed E-state index contributed by atoms with van der Waals surface area (Å²) < 4.78 is 18.8. The van der Waals surface area contributed by atoms with Crippen LogP contribution in [0.5, 0.6) is 0 Å². The lowest BCUT2D eigenvalue weighted by Gasteiger charge is -2.19. The molecule has 0 aliphatic carbocycles. The summed E-state index contributed by atoms with van der Waals surface area (Å²) in [5, 5.41) is 8.52. The van der Waals surface area contributed by atoms with Crippen molar-refractivity contribution in [2.24, 2.45) is 0 Å². The highest BCUT2D eigenvalue weighted by molar-refractivity contribution is 6.30. The molecule has 1 fully saturated rings. The van der Waals surface area contributed by atoms with Crippen LogP contribution in [0.15, 0.2) is 71.8 Å². The van der Waals surface area contributed by atoms with E-state index in [2.05, 4.69) is 15.2 Å². The van der Waals surface area contributed by atoms with Gasteiger partial charge in [-0.1, -0.05) is 29.8 Å². The molecule has 5 rings (SSSR count).